The molecule has 0 unspecified atom stereocenters. The molecule has 1 amide bonds. The van der Waals surface area contributed by atoms with Gasteiger partial charge < -0.3 is 19.6 Å². The Labute approximate surface area is 101 Å². The van der Waals surface area contributed by atoms with Crippen LogP contribution < -0.4 is 0 Å². The molecule has 0 aromatic carbocycles. The lowest BCUT2D eigenvalue weighted by Crippen LogP contribution is -2.45. The molecule has 1 aliphatic heterocycles. The molecule has 98 valence electrons. The van der Waals surface area contributed by atoms with Gasteiger partial charge in [-0.25, -0.2) is 4.79 Å². The maximum atomic E-state index is 11.7. The first-order valence-corrected chi connectivity index (χ1v) is 5.74. The molecule has 0 aromatic rings. The molecule has 0 aliphatic carbocycles. The first kappa shape index (κ1) is 13.9. The predicted octanol–water partition coefficient (Wildman–Crippen LogP) is -0.360. The number of carboxylic acid groups (broad SMARTS) is 1. The number of hydrogen-bond donors (Lipinski definition) is 1. The van der Waals surface area contributed by atoms with Gasteiger partial charge in [0.25, 0.3) is 0 Å². The summed E-state index contributed by atoms with van der Waals surface area (Å²) in [4.78, 5) is 25.8. The van der Waals surface area contributed by atoms with E-state index in [0.29, 0.717) is 0 Å². The first-order chi connectivity index (χ1) is 8.00. The van der Waals surface area contributed by atoms with E-state index in [2.05, 4.69) is 11.9 Å². The van der Waals surface area contributed by atoms with Gasteiger partial charge in [0.2, 0.25) is 5.91 Å². The van der Waals surface area contributed by atoms with Crippen molar-refractivity contribution in [2.24, 2.45) is 0 Å². The second-order valence-electron chi connectivity index (χ2n) is 4.43. The number of piperidine rings is 1. The molecular weight excluding hydrogens is 224 g/mol. The monoisotopic (exact) mass is 244 g/mol. The topological polar surface area (TPSA) is 70.1 Å². The third-order valence-electron chi connectivity index (χ3n) is 3.08. The van der Waals surface area contributed by atoms with Crippen LogP contribution in [-0.4, -0.2) is 73.2 Å². The molecule has 1 N–H and O–H groups in total. The maximum Gasteiger partial charge on any atom is 0.329 e. The van der Waals surface area contributed by atoms with Gasteiger partial charge in [0, 0.05) is 13.1 Å². The number of hydrogen-bond acceptors (Lipinski definition) is 4. The molecule has 0 radical (unpaired) electrons. The standard InChI is InChI=1S/C11H20N2O4/c1-12-5-3-9(4-6-12)13(2)10(14)7-17-8-11(15)16/h9H,3-8H2,1-2H3,(H,15,16). The van der Waals surface area contributed by atoms with Gasteiger partial charge in [-0.1, -0.05) is 0 Å². The second-order valence-corrected chi connectivity index (χ2v) is 4.43. The summed E-state index contributed by atoms with van der Waals surface area (Å²) in [6.45, 7) is 1.39. The molecule has 0 atom stereocenters. The molecule has 0 bridgehead atoms. The van der Waals surface area contributed by atoms with Crippen LogP contribution in [0.1, 0.15) is 12.8 Å². The Balaban J connectivity index is 2.28. The van der Waals surface area contributed by atoms with E-state index in [1.54, 1.807) is 11.9 Å². The van der Waals surface area contributed by atoms with Gasteiger partial charge in [0.1, 0.15) is 13.2 Å². The Kier molecular flexibility index (Phi) is 5.37. The quantitative estimate of drug-likeness (QED) is 0.715. The van der Waals surface area contributed by atoms with Crippen LogP contribution in [0.4, 0.5) is 0 Å². The average Bonchev–Trinajstić information content (AvgIpc) is 2.28. The lowest BCUT2D eigenvalue weighted by molar-refractivity contribution is -0.146. The fourth-order valence-corrected chi connectivity index (χ4v) is 1.91. The normalized spacial score (nSPS) is 18.0. The minimum Gasteiger partial charge on any atom is -0.480 e. The van der Waals surface area contributed by atoms with E-state index in [-0.39, 0.29) is 18.6 Å². The Bertz CT molecular complexity index is 275. The van der Waals surface area contributed by atoms with Crippen LogP contribution in [0.5, 0.6) is 0 Å². The van der Waals surface area contributed by atoms with Gasteiger partial charge in [-0.3, -0.25) is 4.79 Å². The summed E-state index contributed by atoms with van der Waals surface area (Å²) in [7, 11) is 3.82. The highest BCUT2D eigenvalue weighted by atomic mass is 16.5. The van der Waals surface area contributed by atoms with Crippen molar-refractivity contribution < 1.29 is 19.4 Å². The van der Waals surface area contributed by atoms with Crippen LogP contribution in [0.3, 0.4) is 0 Å². The second kappa shape index (κ2) is 6.56. The third-order valence-corrected chi connectivity index (χ3v) is 3.08. The largest absolute Gasteiger partial charge is 0.480 e. The smallest absolute Gasteiger partial charge is 0.329 e. The Morgan fingerprint density at radius 1 is 1.35 bits per heavy atom. The van der Waals surface area contributed by atoms with Crippen molar-refractivity contribution in [3.05, 3.63) is 0 Å². The molecule has 0 spiro atoms. The van der Waals surface area contributed by atoms with Crippen LogP contribution in [0, 0.1) is 0 Å². The fourth-order valence-electron chi connectivity index (χ4n) is 1.91. The number of rotatable bonds is 5. The molecule has 1 saturated heterocycles. The van der Waals surface area contributed by atoms with Crippen molar-refractivity contribution in [3.63, 3.8) is 0 Å². The maximum absolute atomic E-state index is 11.7. The number of amides is 1. The molecule has 6 nitrogen and oxygen atoms in total. The molecule has 1 rings (SSSR count). The number of nitrogens with zero attached hydrogens (tertiary/aromatic N) is 2. The Morgan fingerprint density at radius 2 is 1.94 bits per heavy atom. The summed E-state index contributed by atoms with van der Waals surface area (Å²) in [6, 6.07) is 0.243. The van der Waals surface area contributed by atoms with Crippen molar-refractivity contribution in [1.29, 1.82) is 0 Å². The highest BCUT2D eigenvalue weighted by molar-refractivity contribution is 5.78. The van der Waals surface area contributed by atoms with E-state index >= 15 is 0 Å². The van der Waals surface area contributed by atoms with Crippen molar-refractivity contribution in [3.8, 4) is 0 Å². The van der Waals surface area contributed by atoms with E-state index in [0.717, 1.165) is 25.9 Å². The zero-order valence-electron chi connectivity index (χ0n) is 10.4. The molecule has 17 heavy (non-hydrogen) atoms. The average molecular weight is 244 g/mol. The first-order valence-electron chi connectivity index (χ1n) is 5.74. The molecule has 0 saturated carbocycles. The summed E-state index contributed by atoms with van der Waals surface area (Å²) < 4.78 is 4.79. The van der Waals surface area contributed by atoms with Crippen LogP contribution in [0.25, 0.3) is 0 Å². The lowest BCUT2D eigenvalue weighted by atomic mass is 10.0. The van der Waals surface area contributed by atoms with Crippen LogP contribution in [-0.2, 0) is 14.3 Å². The zero-order chi connectivity index (χ0) is 12.8. The molecule has 6 heteroatoms. The number of carbonyl (C=O) groups excluding carboxylic acids is 1. The van der Waals surface area contributed by atoms with Crippen molar-refractivity contribution in [1.82, 2.24) is 9.80 Å². The molecule has 1 heterocycles. The van der Waals surface area contributed by atoms with E-state index in [1.807, 2.05) is 0 Å². The van der Waals surface area contributed by atoms with Gasteiger partial charge in [0.15, 0.2) is 0 Å². The molecular formula is C11H20N2O4. The van der Waals surface area contributed by atoms with Gasteiger partial charge in [0.05, 0.1) is 0 Å². The predicted molar refractivity (Wildman–Crippen MR) is 61.7 cm³/mol. The summed E-state index contributed by atoms with van der Waals surface area (Å²) >= 11 is 0. The number of likely N-dealkylation sites (N-methyl/N-ethyl adjacent to an activating group) is 1. The Morgan fingerprint density at radius 3 is 2.47 bits per heavy atom. The van der Waals surface area contributed by atoms with Gasteiger partial charge in [-0.15, -0.1) is 0 Å². The highest BCUT2D eigenvalue weighted by Crippen LogP contribution is 2.14. The minimum absolute atomic E-state index is 0.152. The number of ether oxygens (including phenoxy) is 1. The van der Waals surface area contributed by atoms with Crippen molar-refractivity contribution in [2.45, 2.75) is 18.9 Å². The highest BCUT2D eigenvalue weighted by Gasteiger charge is 2.23. The summed E-state index contributed by atoms with van der Waals surface area (Å²) in [5.74, 6) is -1.21. The van der Waals surface area contributed by atoms with E-state index in [1.165, 1.54) is 0 Å². The van der Waals surface area contributed by atoms with Crippen LogP contribution in [0.15, 0.2) is 0 Å². The van der Waals surface area contributed by atoms with E-state index in [4.69, 9.17) is 9.84 Å². The van der Waals surface area contributed by atoms with Crippen LogP contribution >= 0.6 is 0 Å². The van der Waals surface area contributed by atoms with Crippen LogP contribution in [0.2, 0.25) is 0 Å². The number of likely N-dealkylation sites (tertiary alicyclic amines) is 1. The molecule has 1 aliphatic rings. The number of carboxylic acids is 1. The number of aliphatic carboxylic acids is 1. The SMILES string of the molecule is CN1CCC(N(C)C(=O)COCC(=O)O)CC1. The van der Waals surface area contributed by atoms with Crippen molar-refractivity contribution >= 4 is 11.9 Å². The summed E-state index contributed by atoms with van der Waals surface area (Å²) in [5, 5.41) is 8.39. The van der Waals surface area contributed by atoms with Gasteiger partial charge in [-0.2, -0.15) is 0 Å². The van der Waals surface area contributed by atoms with Crippen molar-refractivity contribution in [2.75, 3.05) is 40.4 Å². The number of carbonyl (C=O) groups is 2. The molecule has 0 aromatic heterocycles. The third kappa shape index (κ3) is 4.70. The summed E-state index contributed by atoms with van der Waals surface area (Å²) in [5.41, 5.74) is 0. The minimum atomic E-state index is -1.06. The van der Waals surface area contributed by atoms with Gasteiger partial charge >= 0.3 is 5.97 Å². The zero-order valence-corrected chi connectivity index (χ0v) is 10.4. The Hall–Kier alpha value is -1.14. The van der Waals surface area contributed by atoms with E-state index in [9.17, 15) is 9.59 Å². The fraction of sp³-hybridized carbons (Fsp3) is 0.818. The lowest BCUT2D eigenvalue weighted by Gasteiger charge is -2.35. The van der Waals surface area contributed by atoms with E-state index < -0.39 is 12.6 Å². The van der Waals surface area contributed by atoms with Gasteiger partial charge in [-0.05, 0) is 33.0 Å². The molecule has 1 fully saturated rings. The summed E-state index contributed by atoms with van der Waals surface area (Å²) in [6.07, 6.45) is 1.91.